The maximum Gasteiger partial charge on any atom is 0.252 e. The summed E-state index contributed by atoms with van der Waals surface area (Å²) >= 11 is 0. The van der Waals surface area contributed by atoms with E-state index >= 15 is 0 Å². The minimum atomic E-state index is 0.0376. The lowest BCUT2D eigenvalue weighted by atomic mass is 10.1. The Morgan fingerprint density at radius 2 is 1.92 bits per heavy atom. The fourth-order valence-electron chi connectivity index (χ4n) is 3.36. The van der Waals surface area contributed by atoms with Crippen molar-refractivity contribution in [2.75, 3.05) is 58.4 Å². The molecule has 5 heteroatoms. The van der Waals surface area contributed by atoms with Crippen LogP contribution in [0.15, 0.2) is 24.3 Å². The number of benzene rings is 1. The molecule has 0 N–H and O–H groups in total. The van der Waals surface area contributed by atoms with Gasteiger partial charge in [0.2, 0.25) is 0 Å². The highest BCUT2D eigenvalue weighted by Crippen LogP contribution is 2.24. The van der Waals surface area contributed by atoms with Crippen LogP contribution in [0.5, 0.6) is 0 Å². The number of hydrogen-bond acceptors (Lipinski definition) is 4. The van der Waals surface area contributed by atoms with Crippen LogP contribution in [0.25, 0.3) is 0 Å². The molecule has 0 saturated heterocycles. The number of amides is 1. The average Bonchev–Trinajstić information content (AvgIpc) is 2.64. The van der Waals surface area contributed by atoms with E-state index in [2.05, 4.69) is 48.9 Å². The molecule has 0 saturated carbocycles. The quantitative estimate of drug-likeness (QED) is 0.808. The van der Waals surface area contributed by atoms with E-state index in [0.29, 0.717) is 5.92 Å². The molecule has 0 aromatic heterocycles. The first kappa shape index (κ1) is 20.9. The Balaban J connectivity index is 2.28. The molecular formula is C21H35N3O2. The third kappa shape index (κ3) is 6.38. The van der Waals surface area contributed by atoms with Crippen LogP contribution in [-0.2, 0) is 16.1 Å². The first-order valence-electron chi connectivity index (χ1n) is 9.79. The smallest absolute Gasteiger partial charge is 0.252 e. The van der Waals surface area contributed by atoms with Gasteiger partial charge in [-0.15, -0.1) is 0 Å². The van der Waals surface area contributed by atoms with Crippen molar-refractivity contribution < 1.29 is 9.53 Å². The number of anilines is 1. The Morgan fingerprint density at radius 1 is 1.15 bits per heavy atom. The summed E-state index contributed by atoms with van der Waals surface area (Å²) in [4.78, 5) is 19.5. The van der Waals surface area contributed by atoms with Crippen molar-refractivity contribution in [1.29, 1.82) is 0 Å². The fourth-order valence-corrected chi connectivity index (χ4v) is 3.36. The molecule has 2 rings (SSSR count). The van der Waals surface area contributed by atoms with Crippen LogP contribution < -0.4 is 4.90 Å². The Labute approximate surface area is 158 Å². The van der Waals surface area contributed by atoms with E-state index in [1.54, 1.807) is 7.11 Å². The summed E-state index contributed by atoms with van der Waals surface area (Å²) in [6.45, 7) is 10.5. The van der Waals surface area contributed by atoms with Crippen molar-refractivity contribution in [2.45, 2.75) is 33.2 Å². The Kier molecular flexibility index (Phi) is 8.55. The first-order chi connectivity index (χ1) is 12.5. The Morgan fingerprint density at radius 3 is 2.65 bits per heavy atom. The summed E-state index contributed by atoms with van der Waals surface area (Å²) in [7, 11) is 3.75. The largest absolute Gasteiger partial charge is 0.375 e. The van der Waals surface area contributed by atoms with Crippen LogP contribution in [0.3, 0.4) is 0 Å². The maximum absolute atomic E-state index is 12.7. The molecule has 146 valence electrons. The van der Waals surface area contributed by atoms with E-state index in [-0.39, 0.29) is 12.5 Å². The number of fused-ring (bicyclic) bond motifs is 1. The van der Waals surface area contributed by atoms with Gasteiger partial charge in [-0.05, 0) is 50.5 Å². The third-order valence-electron chi connectivity index (χ3n) is 4.99. The van der Waals surface area contributed by atoms with Crippen LogP contribution in [-0.4, -0.2) is 69.2 Å². The van der Waals surface area contributed by atoms with Gasteiger partial charge in [-0.1, -0.05) is 32.0 Å². The third-order valence-corrected chi connectivity index (χ3v) is 4.99. The second kappa shape index (κ2) is 10.7. The second-order valence-corrected chi connectivity index (χ2v) is 7.72. The molecule has 1 amide bonds. The lowest BCUT2D eigenvalue weighted by Gasteiger charge is -2.28. The van der Waals surface area contributed by atoms with Crippen molar-refractivity contribution in [3.05, 3.63) is 29.8 Å². The molecule has 0 bridgehead atoms. The van der Waals surface area contributed by atoms with Crippen molar-refractivity contribution >= 4 is 11.6 Å². The summed E-state index contributed by atoms with van der Waals surface area (Å²) in [6.07, 6.45) is 2.16. The number of ether oxygens (including phenoxy) is 1. The summed E-state index contributed by atoms with van der Waals surface area (Å²) in [5, 5.41) is 0. The molecular weight excluding hydrogens is 326 g/mol. The molecule has 1 aromatic carbocycles. The normalized spacial score (nSPS) is 17.8. The van der Waals surface area contributed by atoms with Gasteiger partial charge in [0.25, 0.3) is 5.91 Å². The zero-order valence-corrected chi connectivity index (χ0v) is 16.9. The second-order valence-electron chi connectivity index (χ2n) is 7.72. The van der Waals surface area contributed by atoms with Crippen LogP contribution in [0.1, 0.15) is 32.3 Å². The van der Waals surface area contributed by atoms with E-state index in [9.17, 15) is 4.79 Å². The minimum Gasteiger partial charge on any atom is -0.375 e. The molecule has 0 fully saturated rings. The van der Waals surface area contributed by atoms with Gasteiger partial charge in [0.1, 0.15) is 6.61 Å². The summed E-state index contributed by atoms with van der Waals surface area (Å²) in [5.41, 5.74) is 2.26. The van der Waals surface area contributed by atoms with Gasteiger partial charge in [-0.2, -0.15) is 0 Å². The van der Waals surface area contributed by atoms with E-state index in [1.165, 1.54) is 12.0 Å². The molecule has 0 unspecified atom stereocenters. The molecule has 1 aliphatic heterocycles. The highest BCUT2D eigenvalue weighted by molar-refractivity contribution is 5.95. The molecule has 0 spiro atoms. The Hall–Kier alpha value is -1.43. The zero-order chi connectivity index (χ0) is 18.9. The van der Waals surface area contributed by atoms with E-state index in [1.807, 2.05) is 11.0 Å². The van der Waals surface area contributed by atoms with Crippen molar-refractivity contribution in [2.24, 2.45) is 5.92 Å². The number of para-hydroxylation sites is 1. The summed E-state index contributed by atoms with van der Waals surface area (Å²) in [5.74, 6) is 0.733. The van der Waals surface area contributed by atoms with Gasteiger partial charge in [0, 0.05) is 39.0 Å². The maximum atomic E-state index is 12.7. The molecule has 26 heavy (non-hydrogen) atoms. The number of carbonyl (C=O) groups is 1. The number of nitrogens with zero attached hydrogens (tertiary/aromatic N) is 3. The highest BCUT2D eigenvalue weighted by Gasteiger charge is 2.21. The van der Waals surface area contributed by atoms with Crippen molar-refractivity contribution in [1.82, 2.24) is 9.80 Å². The van der Waals surface area contributed by atoms with E-state index < -0.39 is 0 Å². The van der Waals surface area contributed by atoms with Gasteiger partial charge in [0.15, 0.2) is 0 Å². The van der Waals surface area contributed by atoms with Crippen LogP contribution in [0, 0.1) is 5.92 Å². The predicted octanol–water partition coefficient (Wildman–Crippen LogP) is 2.85. The highest BCUT2D eigenvalue weighted by atomic mass is 16.5. The molecule has 1 aromatic rings. The lowest BCUT2D eigenvalue weighted by molar-refractivity contribution is -0.122. The van der Waals surface area contributed by atoms with Crippen molar-refractivity contribution in [3.63, 3.8) is 0 Å². The number of methoxy groups -OCH3 is 1. The fraction of sp³-hybridized carbons (Fsp3) is 0.667. The standard InChI is InChI=1S/C21H35N3O2/c1-18(2)10-13-23-15-14-22(3)11-7-12-24(21(25)17-26-4)20-9-6-5-8-19(20)16-23/h5-6,8-9,18H,7,10-17H2,1-4H3. The molecule has 5 nitrogen and oxygen atoms in total. The number of hydrogen-bond donors (Lipinski definition) is 0. The number of carbonyl (C=O) groups excluding carboxylic acids is 1. The van der Waals surface area contributed by atoms with Gasteiger partial charge < -0.3 is 14.5 Å². The number of likely N-dealkylation sites (N-methyl/N-ethyl adjacent to an activating group) is 1. The van der Waals surface area contributed by atoms with E-state index in [0.717, 1.165) is 51.4 Å². The van der Waals surface area contributed by atoms with Gasteiger partial charge >= 0.3 is 0 Å². The van der Waals surface area contributed by atoms with E-state index in [4.69, 9.17) is 4.74 Å². The molecule has 0 atom stereocenters. The Bertz CT molecular complexity index is 562. The van der Waals surface area contributed by atoms with Gasteiger partial charge in [0.05, 0.1) is 0 Å². The summed E-state index contributed by atoms with van der Waals surface area (Å²) in [6, 6.07) is 8.33. The number of rotatable bonds is 5. The monoisotopic (exact) mass is 361 g/mol. The van der Waals surface area contributed by atoms with Crippen LogP contribution in [0.2, 0.25) is 0 Å². The predicted molar refractivity (Wildman–Crippen MR) is 108 cm³/mol. The topological polar surface area (TPSA) is 36.0 Å². The lowest BCUT2D eigenvalue weighted by Crippen LogP contribution is -2.36. The van der Waals surface area contributed by atoms with Gasteiger partial charge in [-0.3, -0.25) is 9.69 Å². The first-order valence-corrected chi connectivity index (χ1v) is 9.79. The minimum absolute atomic E-state index is 0.0376. The molecule has 1 heterocycles. The summed E-state index contributed by atoms with van der Waals surface area (Å²) < 4.78 is 5.12. The average molecular weight is 362 g/mol. The zero-order valence-electron chi connectivity index (χ0n) is 16.9. The van der Waals surface area contributed by atoms with Crippen molar-refractivity contribution in [3.8, 4) is 0 Å². The molecule has 0 radical (unpaired) electrons. The molecule has 1 aliphatic rings. The SMILES string of the molecule is COCC(=O)N1CCCN(C)CCN(CCC(C)C)Cc2ccccc21. The van der Waals surface area contributed by atoms with Crippen LogP contribution >= 0.6 is 0 Å². The van der Waals surface area contributed by atoms with Gasteiger partial charge in [-0.25, -0.2) is 0 Å². The van der Waals surface area contributed by atoms with Crippen LogP contribution in [0.4, 0.5) is 5.69 Å². The molecule has 0 aliphatic carbocycles.